The maximum Gasteiger partial charge on any atom is 0.321 e. The third-order valence-electron chi connectivity index (χ3n) is 3.56. The van der Waals surface area contributed by atoms with Crippen LogP contribution in [0.2, 0.25) is 0 Å². The smallest absolute Gasteiger partial charge is 0.321 e. The van der Waals surface area contributed by atoms with E-state index in [0.29, 0.717) is 12.2 Å². The van der Waals surface area contributed by atoms with Crippen molar-refractivity contribution in [2.75, 3.05) is 18.6 Å². The third-order valence-corrected chi connectivity index (χ3v) is 4.67. The quantitative estimate of drug-likeness (QED) is 0.889. The van der Waals surface area contributed by atoms with Gasteiger partial charge in [0.25, 0.3) is 0 Å². The summed E-state index contributed by atoms with van der Waals surface area (Å²) < 4.78 is 23.3. The average Bonchev–Trinajstić information content (AvgIpc) is 2.48. The van der Waals surface area contributed by atoms with Crippen molar-refractivity contribution in [2.45, 2.75) is 18.4 Å². The topological polar surface area (TPSA) is 86.7 Å². The SMILES string of the molecule is Cc1ccc(S(C)(=O)=O)cc1NC(=O)N(C)Cc1cccc(O)c1. The summed E-state index contributed by atoms with van der Waals surface area (Å²) in [6, 6.07) is 10.9. The molecule has 2 amide bonds. The van der Waals surface area contributed by atoms with Gasteiger partial charge in [0.1, 0.15) is 5.75 Å². The van der Waals surface area contributed by atoms with Gasteiger partial charge in [-0.3, -0.25) is 0 Å². The van der Waals surface area contributed by atoms with Crippen LogP contribution in [-0.4, -0.2) is 37.8 Å². The Morgan fingerprint density at radius 3 is 2.54 bits per heavy atom. The Kier molecular flexibility index (Phi) is 5.14. The van der Waals surface area contributed by atoms with Gasteiger partial charge < -0.3 is 15.3 Å². The predicted molar refractivity (Wildman–Crippen MR) is 92.9 cm³/mol. The third kappa shape index (κ3) is 4.48. The second-order valence-electron chi connectivity index (χ2n) is 5.71. The van der Waals surface area contributed by atoms with E-state index in [4.69, 9.17) is 0 Å². The van der Waals surface area contributed by atoms with E-state index in [1.165, 1.54) is 17.0 Å². The molecule has 0 aliphatic rings. The number of anilines is 1. The van der Waals surface area contributed by atoms with Crippen molar-refractivity contribution in [3.05, 3.63) is 53.6 Å². The van der Waals surface area contributed by atoms with Gasteiger partial charge in [-0.1, -0.05) is 18.2 Å². The number of benzene rings is 2. The number of amides is 2. The molecule has 0 saturated heterocycles. The second kappa shape index (κ2) is 6.92. The zero-order valence-corrected chi connectivity index (χ0v) is 14.6. The minimum Gasteiger partial charge on any atom is -0.508 e. The number of rotatable bonds is 4. The Labute approximate surface area is 141 Å². The van der Waals surface area contributed by atoms with E-state index in [1.807, 2.05) is 0 Å². The van der Waals surface area contributed by atoms with Gasteiger partial charge in [-0.05, 0) is 42.3 Å². The van der Waals surface area contributed by atoms with Crippen LogP contribution in [0.25, 0.3) is 0 Å². The molecule has 0 unspecified atom stereocenters. The molecule has 0 atom stereocenters. The number of nitrogens with one attached hydrogen (secondary N) is 1. The number of nitrogens with zero attached hydrogens (tertiary/aromatic N) is 1. The molecule has 0 aliphatic carbocycles. The molecule has 128 valence electrons. The fourth-order valence-corrected chi connectivity index (χ4v) is 2.82. The maximum atomic E-state index is 12.3. The van der Waals surface area contributed by atoms with Crippen molar-refractivity contribution < 1.29 is 18.3 Å². The number of sulfone groups is 1. The lowest BCUT2D eigenvalue weighted by molar-refractivity contribution is 0.220. The molecular formula is C17H20N2O4S. The second-order valence-corrected chi connectivity index (χ2v) is 7.72. The molecule has 2 aromatic carbocycles. The largest absolute Gasteiger partial charge is 0.508 e. The first-order valence-corrected chi connectivity index (χ1v) is 9.16. The van der Waals surface area contributed by atoms with Gasteiger partial charge in [0, 0.05) is 25.5 Å². The van der Waals surface area contributed by atoms with Gasteiger partial charge >= 0.3 is 6.03 Å². The molecule has 2 aromatic rings. The Balaban J connectivity index is 2.14. The Hall–Kier alpha value is -2.54. The molecular weight excluding hydrogens is 328 g/mol. The van der Waals surface area contributed by atoms with E-state index in [2.05, 4.69) is 5.32 Å². The maximum absolute atomic E-state index is 12.3. The van der Waals surface area contributed by atoms with Gasteiger partial charge in [-0.25, -0.2) is 13.2 Å². The molecule has 0 heterocycles. The lowest BCUT2D eigenvalue weighted by Gasteiger charge is -2.19. The molecule has 0 spiro atoms. The summed E-state index contributed by atoms with van der Waals surface area (Å²) in [5, 5.41) is 12.2. The van der Waals surface area contributed by atoms with Crippen LogP contribution >= 0.6 is 0 Å². The van der Waals surface area contributed by atoms with E-state index in [1.54, 1.807) is 44.3 Å². The van der Waals surface area contributed by atoms with Gasteiger partial charge in [0.2, 0.25) is 0 Å². The summed E-state index contributed by atoms with van der Waals surface area (Å²) in [5.74, 6) is 0.137. The Morgan fingerprint density at radius 1 is 1.21 bits per heavy atom. The van der Waals surface area contributed by atoms with Crippen LogP contribution in [0.5, 0.6) is 5.75 Å². The normalized spacial score (nSPS) is 11.1. The van der Waals surface area contributed by atoms with Gasteiger partial charge in [-0.2, -0.15) is 0 Å². The highest BCUT2D eigenvalue weighted by Crippen LogP contribution is 2.21. The van der Waals surface area contributed by atoms with Gasteiger partial charge in [0.05, 0.1) is 4.90 Å². The highest BCUT2D eigenvalue weighted by atomic mass is 32.2. The molecule has 0 fully saturated rings. The summed E-state index contributed by atoms with van der Waals surface area (Å²) in [7, 11) is -1.72. The van der Waals surface area contributed by atoms with Gasteiger partial charge in [-0.15, -0.1) is 0 Å². The minimum absolute atomic E-state index is 0.137. The van der Waals surface area contributed by atoms with Crippen LogP contribution in [0.4, 0.5) is 10.5 Å². The predicted octanol–water partition coefficient (Wildman–Crippen LogP) is 2.77. The van der Waals surface area contributed by atoms with Crippen molar-refractivity contribution in [1.82, 2.24) is 4.90 Å². The molecule has 7 heteroatoms. The van der Waals surface area contributed by atoms with E-state index >= 15 is 0 Å². The number of hydrogen-bond donors (Lipinski definition) is 2. The number of aryl methyl sites for hydroxylation is 1. The Morgan fingerprint density at radius 2 is 1.92 bits per heavy atom. The molecule has 24 heavy (non-hydrogen) atoms. The number of phenolic OH excluding ortho intramolecular Hbond substituents is 1. The van der Waals surface area contributed by atoms with Crippen LogP contribution < -0.4 is 5.32 Å². The van der Waals surface area contributed by atoms with Crippen molar-refractivity contribution in [2.24, 2.45) is 0 Å². The molecule has 0 aromatic heterocycles. The minimum atomic E-state index is -3.34. The first kappa shape index (κ1) is 17.8. The highest BCUT2D eigenvalue weighted by Gasteiger charge is 2.14. The summed E-state index contributed by atoms with van der Waals surface area (Å²) in [5.41, 5.74) is 2.00. The van der Waals surface area contributed by atoms with Crippen LogP contribution in [-0.2, 0) is 16.4 Å². The van der Waals surface area contributed by atoms with E-state index < -0.39 is 9.84 Å². The molecule has 0 bridgehead atoms. The molecule has 0 aliphatic heterocycles. The zero-order chi connectivity index (χ0) is 17.9. The summed E-state index contributed by atoms with van der Waals surface area (Å²) in [4.78, 5) is 13.9. The van der Waals surface area contributed by atoms with Crippen molar-refractivity contribution >= 4 is 21.6 Å². The average molecular weight is 348 g/mol. The van der Waals surface area contributed by atoms with Crippen molar-refractivity contribution in [3.8, 4) is 5.75 Å². The molecule has 2 rings (SSSR count). The van der Waals surface area contributed by atoms with E-state index in [-0.39, 0.29) is 16.7 Å². The summed E-state index contributed by atoms with van der Waals surface area (Å²) in [6.45, 7) is 2.10. The summed E-state index contributed by atoms with van der Waals surface area (Å²) in [6.07, 6.45) is 1.12. The zero-order valence-electron chi connectivity index (χ0n) is 13.8. The standard InChI is InChI=1S/C17H20N2O4S/c1-12-7-8-15(24(3,22)23)10-16(12)18-17(21)19(2)11-13-5-4-6-14(20)9-13/h4-10,20H,11H2,1-3H3,(H,18,21). The monoisotopic (exact) mass is 348 g/mol. The fraction of sp³-hybridized carbons (Fsp3) is 0.235. The number of urea groups is 1. The first-order valence-electron chi connectivity index (χ1n) is 7.27. The highest BCUT2D eigenvalue weighted by molar-refractivity contribution is 7.90. The Bertz CT molecular complexity index is 863. The molecule has 6 nitrogen and oxygen atoms in total. The van der Waals surface area contributed by atoms with Crippen molar-refractivity contribution in [3.63, 3.8) is 0 Å². The van der Waals surface area contributed by atoms with Crippen LogP contribution in [0.3, 0.4) is 0 Å². The van der Waals surface area contributed by atoms with Gasteiger partial charge in [0.15, 0.2) is 9.84 Å². The first-order chi connectivity index (χ1) is 11.2. The molecule has 0 radical (unpaired) electrons. The van der Waals surface area contributed by atoms with Crippen LogP contribution in [0.15, 0.2) is 47.4 Å². The lowest BCUT2D eigenvalue weighted by atomic mass is 10.2. The molecule has 0 saturated carbocycles. The van der Waals surface area contributed by atoms with E-state index in [0.717, 1.165) is 17.4 Å². The number of aromatic hydroxyl groups is 1. The number of phenols is 1. The lowest BCUT2D eigenvalue weighted by Crippen LogP contribution is -2.31. The summed E-state index contributed by atoms with van der Waals surface area (Å²) >= 11 is 0. The number of carbonyl (C=O) groups is 1. The van der Waals surface area contributed by atoms with Crippen molar-refractivity contribution in [1.29, 1.82) is 0 Å². The van der Waals surface area contributed by atoms with Crippen LogP contribution in [0.1, 0.15) is 11.1 Å². The molecule has 2 N–H and O–H groups in total. The fourth-order valence-electron chi connectivity index (χ4n) is 2.18. The van der Waals surface area contributed by atoms with Crippen LogP contribution in [0, 0.1) is 6.92 Å². The van der Waals surface area contributed by atoms with E-state index in [9.17, 15) is 18.3 Å². The number of hydrogen-bond acceptors (Lipinski definition) is 4. The number of carbonyl (C=O) groups excluding carboxylic acids is 1.